The lowest BCUT2D eigenvalue weighted by atomic mass is 10.2. The molecule has 0 aliphatic carbocycles. The van der Waals surface area contributed by atoms with E-state index in [4.69, 9.17) is 4.74 Å². The summed E-state index contributed by atoms with van der Waals surface area (Å²) in [6, 6.07) is 9.48. The van der Waals surface area contributed by atoms with Crippen molar-refractivity contribution in [1.29, 1.82) is 0 Å². The first-order chi connectivity index (χ1) is 7.22. The third-order valence-electron chi connectivity index (χ3n) is 1.92. The predicted molar refractivity (Wildman–Crippen MR) is 60.5 cm³/mol. The SMILES string of the molecule is C=C(F)/C=C\[C@@H](CC)Oc1ccccc1. The Morgan fingerprint density at radius 2 is 2.13 bits per heavy atom. The molecule has 0 saturated heterocycles. The fourth-order valence-electron chi connectivity index (χ4n) is 1.14. The van der Waals surface area contributed by atoms with Gasteiger partial charge in [-0.05, 0) is 30.7 Å². The first kappa shape index (κ1) is 11.5. The summed E-state index contributed by atoms with van der Waals surface area (Å²) in [6.07, 6.45) is 3.69. The maximum atomic E-state index is 12.4. The van der Waals surface area contributed by atoms with E-state index in [1.54, 1.807) is 6.08 Å². The van der Waals surface area contributed by atoms with Gasteiger partial charge in [0, 0.05) is 0 Å². The number of benzene rings is 1. The third kappa shape index (κ3) is 4.45. The lowest BCUT2D eigenvalue weighted by molar-refractivity contribution is 0.245. The van der Waals surface area contributed by atoms with E-state index in [9.17, 15) is 4.39 Å². The van der Waals surface area contributed by atoms with Crippen LogP contribution in [0.25, 0.3) is 0 Å². The van der Waals surface area contributed by atoms with Gasteiger partial charge in [0.1, 0.15) is 17.7 Å². The van der Waals surface area contributed by atoms with E-state index in [-0.39, 0.29) is 6.10 Å². The number of hydrogen-bond acceptors (Lipinski definition) is 1. The largest absolute Gasteiger partial charge is 0.486 e. The average molecular weight is 206 g/mol. The molecule has 2 heteroatoms. The Labute approximate surface area is 89.9 Å². The quantitative estimate of drug-likeness (QED) is 0.664. The second-order valence-electron chi connectivity index (χ2n) is 3.18. The summed E-state index contributed by atoms with van der Waals surface area (Å²) in [5, 5.41) is 0. The van der Waals surface area contributed by atoms with Crippen molar-refractivity contribution in [3.8, 4) is 5.75 Å². The van der Waals surface area contributed by atoms with E-state index in [2.05, 4.69) is 6.58 Å². The molecule has 1 nitrogen and oxygen atoms in total. The van der Waals surface area contributed by atoms with Gasteiger partial charge in [0.15, 0.2) is 0 Å². The number of para-hydroxylation sites is 1. The van der Waals surface area contributed by atoms with Crippen LogP contribution in [0.2, 0.25) is 0 Å². The minimum Gasteiger partial charge on any atom is -0.486 e. The zero-order valence-corrected chi connectivity index (χ0v) is 8.82. The number of allylic oxidation sites excluding steroid dienone is 2. The molecule has 0 heterocycles. The molecule has 15 heavy (non-hydrogen) atoms. The molecule has 0 spiro atoms. The molecular formula is C13H15FO. The minimum atomic E-state index is -0.454. The van der Waals surface area contributed by atoms with E-state index >= 15 is 0 Å². The van der Waals surface area contributed by atoms with E-state index in [1.807, 2.05) is 37.3 Å². The smallest absolute Gasteiger partial charge is 0.120 e. The summed E-state index contributed by atoms with van der Waals surface area (Å²) in [7, 11) is 0. The summed E-state index contributed by atoms with van der Waals surface area (Å²) in [5.41, 5.74) is 0. The van der Waals surface area contributed by atoms with Gasteiger partial charge in [-0.1, -0.05) is 31.7 Å². The van der Waals surface area contributed by atoms with Crippen LogP contribution in [0.1, 0.15) is 13.3 Å². The fraction of sp³-hybridized carbons (Fsp3) is 0.231. The number of ether oxygens (including phenoxy) is 1. The molecule has 80 valence electrons. The van der Waals surface area contributed by atoms with Crippen LogP contribution in [0.5, 0.6) is 5.75 Å². The molecule has 0 radical (unpaired) electrons. The van der Waals surface area contributed by atoms with E-state index in [0.29, 0.717) is 0 Å². The number of rotatable bonds is 5. The first-order valence-electron chi connectivity index (χ1n) is 4.96. The van der Waals surface area contributed by atoms with Crippen LogP contribution in [0.3, 0.4) is 0 Å². The van der Waals surface area contributed by atoms with Crippen LogP contribution in [0.15, 0.2) is 54.9 Å². The molecule has 0 unspecified atom stereocenters. The third-order valence-corrected chi connectivity index (χ3v) is 1.92. The van der Waals surface area contributed by atoms with Crippen molar-refractivity contribution in [2.75, 3.05) is 0 Å². The predicted octanol–water partition coefficient (Wildman–Crippen LogP) is 3.88. The Morgan fingerprint density at radius 3 is 2.67 bits per heavy atom. The van der Waals surface area contributed by atoms with Crippen molar-refractivity contribution >= 4 is 0 Å². The lowest BCUT2D eigenvalue weighted by Gasteiger charge is -2.13. The van der Waals surface area contributed by atoms with Crippen LogP contribution < -0.4 is 4.74 Å². The molecular weight excluding hydrogens is 191 g/mol. The summed E-state index contributed by atoms with van der Waals surface area (Å²) < 4.78 is 18.0. The van der Waals surface area contributed by atoms with Gasteiger partial charge < -0.3 is 4.74 Å². The monoisotopic (exact) mass is 206 g/mol. The maximum Gasteiger partial charge on any atom is 0.120 e. The number of halogens is 1. The Balaban J connectivity index is 2.58. The van der Waals surface area contributed by atoms with Crippen LogP contribution in [-0.2, 0) is 0 Å². The molecule has 1 aromatic carbocycles. The normalized spacial score (nSPS) is 12.7. The van der Waals surface area contributed by atoms with Crippen molar-refractivity contribution in [1.82, 2.24) is 0 Å². The minimum absolute atomic E-state index is 0.111. The summed E-state index contributed by atoms with van der Waals surface area (Å²) in [5.74, 6) is 0.337. The highest BCUT2D eigenvalue weighted by Gasteiger charge is 2.02. The van der Waals surface area contributed by atoms with E-state index in [0.717, 1.165) is 12.2 Å². The zero-order valence-electron chi connectivity index (χ0n) is 8.82. The fourth-order valence-corrected chi connectivity index (χ4v) is 1.14. The molecule has 0 bridgehead atoms. The van der Waals surface area contributed by atoms with Crippen molar-refractivity contribution in [2.45, 2.75) is 19.4 Å². The Bertz CT molecular complexity index is 330. The molecule has 0 fully saturated rings. The van der Waals surface area contributed by atoms with E-state index in [1.165, 1.54) is 6.08 Å². The van der Waals surface area contributed by atoms with Gasteiger partial charge in [-0.25, -0.2) is 4.39 Å². The molecule has 0 N–H and O–H groups in total. The summed E-state index contributed by atoms with van der Waals surface area (Å²) >= 11 is 0. The lowest BCUT2D eigenvalue weighted by Crippen LogP contribution is -2.11. The van der Waals surface area contributed by atoms with Crippen LogP contribution in [0.4, 0.5) is 4.39 Å². The van der Waals surface area contributed by atoms with Gasteiger partial charge in [0.2, 0.25) is 0 Å². The van der Waals surface area contributed by atoms with Gasteiger partial charge in [0.25, 0.3) is 0 Å². The zero-order chi connectivity index (χ0) is 11.1. The van der Waals surface area contributed by atoms with Gasteiger partial charge in [-0.15, -0.1) is 0 Å². The Hall–Kier alpha value is -1.57. The molecule has 1 atom stereocenters. The molecule has 1 rings (SSSR count). The van der Waals surface area contributed by atoms with Crippen molar-refractivity contribution in [3.63, 3.8) is 0 Å². The highest BCUT2D eigenvalue weighted by molar-refractivity contribution is 5.22. The standard InChI is InChI=1S/C13H15FO/c1-3-12(10-9-11(2)14)15-13-7-5-4-6-8-13/h4-10,12H,2-3H2,1H3/b10-9-/t12-/m1/s1. The Kier molecular flexibility index (Phi) is 4.61. The molecule has 0 aromatic heterocycles. The molecule has 1 aromatic rings. The van der Waals surface area contributed by atoms with Crippen molar-refractivity contribution < 1.29 is 9.13 Å². The average Bonchev–Trinajstić information content (AvgIpc) is 2.25. The topological polar surface area (TPSA) is 9.23 Å². The summed E-state index contributed by atoms with van der Waals surface area (Å²) in [4.78, 5) is 0. The van der Waals surface area contributed by atoms with Gasteiger partial charge in [0.05, 0.1) is 0 Å². The first-order valence-corrected chi connectivity index (χ1v) is 4.96. The second-order valence-corrected chi connectivity index (χ2v) is 3.18. The van der Waals surface area contributed by atoms with Crippen LogP contribution in [-0.4, -0.2) is 6.10 Å². The molecule has 0 amide bonds. The second kappa shape index (κ2) is 6.02. The van der Waals surface area contributed by atoms with E-state index < -0.39 is 5.83 Å². The van der Waals surface area contributed by atoms with Crippen LogP contribution >= 0.6 is 0 Å². The summed E-state index contributed by atoms with van der Waals surface area (Å²) in [6.45, 7) is 5.14. The highest BCUT2D eigenvalue weighted by Crippen LogP contribution is 2.13. The van der Waals surface area contributed by atoms with Gasteiger partial charge >= 0.3 is 0 Å². The molecule has 0 saturated carbocycles. The number of hydrogen-bond donors (Lipinski definition) is 0. The molecule has 0 aliphatic heterocycles. The van der Waals surface area contributed by atoms with Crippen molar-refractivity contribution in [3.05, 3.63) is 54.9 Å². The van der Waals surface area contributed by atoms with Gasteiger partial charge in [-0.3, -0.25) is 0 Å². The van der Waals surface area contributed by atoms with Crippen molar-refractivity contribution in [2.24, 2.45) is 0 Å². The van der Waals surface area contributed by atoms with Crippen LogP contribution in [0, 0.1) is 0 Å². The molecule has 0 aliphatic rings. The Morgan fingerprint density at radius 1 is 1.47 bits per heavy atom. The van der Waals surface area contributed by atoms with Gasteiger partial charge in [-0.2, -0.15) is 0 Å². The maximum absolute atomic E-state index is 12.4. The highest BCUT2D eigenvalue weighted by atomic mass is 19.1.